The van der Waals surface area contributed by atoms with Crippen molar-refractivity contribution in [3.8, 4) is 0 Å². The van der Waals surface area contributed by atoms with E-state index in [-0.39, 0.29) is 35.5 Å². The number of carbonyl (C=O) groups is 2. The number of nitrogens with zero attached hydrogens (tertiary/aromatic N) is 2. The van der Waals surface area contributed by atoms with E-state index in [1.165, 1.54) is 11.0 Å². The molecule has 1 N–H and O–H groups in total. The summed E-state index contributed by atoms with van der Waals surface area (Å²) in [5.74, 6) is -1.56. The van der Waals surface area contributed by atoms with Crippen molar-refractivity contribution in [2.75, 3.05) is 23.7 Å². The van der Waals surface area contributed by atoms with Gasteiger partial charge in [0.05, 0.1) is 17.0 Å². The highest BCUT2D eigenvalue weighted by atomic mass is 35.5. The fraction of sp³-hybridized carbons (Fsp3) is 0.310. The number of hydrogen-bond donors (Lipinski definition) is 1. The Kier molecular flexibility index (Phi) is 11.0. The molecule has 1 atom stereocenters. The highest BCUT2D eigenvalue weighted by Gasteiger charge is 2.33. The van der Waals surface area contributed by atoms with Crippen molar-refractivity contribution < 1.29 is 22.4 Å². The molecule has 0 saturated heterocycles. The van der Waals surface area contributed by atoms with Crippen LogP contribution < -0.4 is 9.62 Å². The first kappa shape index (κ1) is 31.4. The second-order valence-electron chi connectivity index (χ2n) is 9.86. The monoisotopic (exact) mass is 607 g/mol. The van der Waals surface area contributed by atoms with Crippen LogP contribution in [-0.4, -0.2) is 50.5 Å². The Labute approximate surface area is 244 Å². The van der Waals surface area contributed by atoms with Gasteiger partial charge in [0.1, 0.15) is 18.4 Å². The minimum Gasteiger partial charge on any atom is -0.354 e. The molecule has 0 aliphatic heterocycles. The Morgan fingerprint density at radius 1 is 0.950 bits per heavy atom. The van der Waals surface area contributed by atoms with Crippen molar-refractivity contribution in [3.63, 3.8) is 0 Å². The molecule has 3 aromatic rings. The Balaban J connectivity index is 2.06. The molecule has 0 unspecified atom stereocenters. The smallest absolute Gasteiger partial charge is 0.244 e. The van der Waals surface area contributed by atoms with Gasteiger partial charge in [0.25, 0.3) is 0 Å². The molecule has 0 aromatic heterocycles. The molecule has 2 amide bonds. The van der Waals surface area contributed by atoms with Gasteiger partial charge in [0, 0.05) is 24.5 Å². The zero-order valence-corrected chi connectivity index (χ0v) is 24.8. The van der Waals surface area contributed by atoms with Crippen LogP contribution in [0.3, 0.4) is 0 Å². The topological polar surface area (TPSA) is 86.8 Å². The highest BCUT2D eigenvalue weighted by Crippen LogP contribution is 2.25. The molecule has 0 fully saturated rings. The number of halogens is 3. The van der Waals surface area contributed by atoms with Crippen LogP contribution in [-0.2, 0) is 32.6 Å². The second kappa shape index (κ2) is 14.0. The zero-order valence-electron chi connectivity index (χ0n) is 22.5. The van der Waals surface area contributed by atoms with E-state index >= 15 is 0 Å². The lowest BCUT2D eigenvalue weighted by molar-refractivity contribution is -0.140. The second-order valence-corrected chi connectivity index (χ2v) is 12.6. The van der Waals surface area contributed by atoms with E-state index in [1.54, 1.807) is 24.3 Å². The third kappa shape index (κ3) is 8.94. The number of nitrogens with one attached hydrogen (secondary N) is 1. The fourth-order valence-electron chi connectivity index (χ4n) is 4.06. The summed E-state index contributed by atoms with van der Waals surface area (Å²) in [6.07, 6.45) is 1.13. The van der Waals surface area contributed by atoms with Crippen molar-refractivity contribution in [2.45, 2.75) is 32.9 Å². The summed E-state index contributed by atoms with van der Waals surface area (Å²) in [6, 6.07) is 18.5. The van der Waals surface area contributed by atoms with Gasteiger partial charge in [-0.25, -0.2) is 12.8 Å². The predicted octanol–water partition coefficient (Wildman–Crippen LogP) is 5.31. The average Bonchev–Trinajstić information content (AvgIpc) is 2.89. The van der Waals surface area contributed by atoms with Crippen molar-refractivity contribution in [2.24, 2.45) is 5.92 Å². The molecule has 0 aliphatic carbocycles. The molecule has 0 heterocycles. The van der Waals surface area contributed by atoms with E-state index in [0.717, 1.165) is 28.3 Å². The van der Waals surface area contributed by atoms with Gasteiger partial charge in [-0.05, 0) is 47.4 Å². The third-order valence-electron chi connectivity index (χ3n) is 6.07. The van der Waals surface area contributed by atoms with E-state index in [1.807, 2.05) is 44.2 Å². The molecule has 0 saturated carbocycles. The molecule has 214 valence electrons. The van der Waals surface area contributed by atoms with Crippen LogP contribution in [0.15, 0.2) is 72.8 Å². The first-order valence-electron chi connectivity index (χ1n) is 12.6. The summed E-state index contributed by atoms with van der Waals surface area (Å²) < 4.78 is 40.2. The fourth-order valence-corrected chi connectivity index (χ4v) is 5.29. The van der Waals surface area contributed by atoms with E-state index in [2.05, 4.69) is 5.32 Å². The SMILES string of the molecule is CC(C)CNC(=O)[C@H](Cc1ccccc1)N(Cc1cccc(Cl)c1)C(=O)CN(c1ccc(F)c(Cl)c1)S(C)(=O)=O. The van der Waals surface area contributed by atoms with Gasteiger partial charge >= 0.3 is 0 Å². The molecule has 40 heavy (non-hydrogen) atoms. The van der Waals surface area contributed by atoms with Crippen LogP contribution in [0.25, 0.3) is 0 Å². The van der Waals surface area contributed by atoms with E-state index in [9.17, 15) is 22.4 Å². The molecule has 0 radical (unpaired) electrons. The van der Waals surface area contributed by atoms with E-state index in [4.69, 9.17) is 23.2 Å². The predicted molar refractivity (Wildman–Crippen MR) is 157 cm³/mol. The van der Waals surface area contributed by atoms with Crippen LogP contribution in [0.1, 0.15) is 25.0 Å². The lowest BCUT2D eigenvalue weighted by Gasteiger charge is -2.33. The van der Waals surface area contributed by atoms with Gasteiger partial charge < -0.3 is 10.2 Å². The number of anilines is 1. The van der Waals surface area contributed by atoms with Gasteiger partial charge in [-0.3, -0.25) is 13.9 Å². The maximum Gasteiger partial charge on any atom is 0.244 e. The summed E-state index contributed by atoms with van der Waals surface area (Å²) in [4.78, 5) is 28.9. The molecule has 0 spiro atoms. The maximum atomic E-state index is 14.0. The summed E-state index contributed by atoms with van der Waals surface area (Å²) in [5, 5.41) is 3.08. The Morgan fingerprint density at radius 2 is 1.62 bits per heavy atom. The number of rotatable bonds is 12. The van der Waals surface area contributed by atoms with Crippen molar-refractivity contribution in [1.29, 1.82) is 0 Å². The number of carbonyl (C=O) groups excluding carboxylic acids is 2. The summed E-state index contributed by atoms with van der Waals surface area (Å²) in [7, 11) is -4.00. The van der Waals surface area contributed by atoms with Crippen molar-refractivity contribution >= 4 is 50.7 Å². The van der Waals surface area contributed by atoms with Crippen LogP contribution in [0, 0.1) is 11.7 Å². The lowest BCUT2D eigenvalue weighted by Crippen LogP contribution is -2.53. The molecule has 7 nitrogen and oxygen atoms in total. The van der Waals surface area contributed by atoms with Crippen LogP contribution in [0.4, 0.5) is 10.1 Å². The lowest BCUT2D eigenvalue weighted by atomic mass is 10.0. The Morgan fingerprint density at radius 3 is 2.23 bits per heavy atom. The van der Waals surface area contributed by atoms with Crippen LogP contribution >= 0.6 is 23.2 Å². The minimum atomic E-state index is -4.00. The van der Waals surface area contributed by atoms with Crippen molar-refractivity contribution in [1.82, 2.24) is 10.2 Å². The number of hydrogen-bond acceptors (Lipinski definition) is 4. The molecule has 3 aromatic carbocycles. The first-order chi connectivity index (χ1) is 18.8. The van der Waals surface area contributed by atoms with E-state index in [0.29, 0.717) is 17.1 Å². The van der Waals surface area contributed by atoms with Gasteiger partial charge in [-0.2, -0.15) is 0 Å². The normalized spacial score (nSPS) is 12.2. The van der Waals surface area contributed by atoms with Gasteiger partial charge in [0.15, 0.2) is 0 Å². The molecule has 3 rings (SSSR count). The number of benzene rings is 3. The highest BCUT2D eigenvalue weighted by molar-refractivity contribution is 7.92. The first-order valence-corrected chi connectivity index (χ1v) is 15.2. The standard InChI is InChI=1S/C29H32Cl2FN3O4S/c1-20(2)17-33-29(37)27(15-21-8-5-4-6-9-21)34(18-22-10-7-11-23(30)14-22)28(36)19-35(40(3,38)39)24-12-13-26(32)25(31)16-24/h4-14,16,20,27H,15,17-19H2,1-3H3,(H,33,37)/t27-/m0/s1. The molecule has 0 aliphatic rings. The number of amides is 2. The van der Waals surface area contributed by atoms with Crippen LogP contribution in [0.5, 0.6) is 0 Å². The molecular formula is C29H32Cl2FN3O4S. The summed E-state index contributed by atoms with van der Waals surface area (Å²) >= 11 is 12.1. The van der Waals surface area contributed by atoms with Gasteiger partial charge in [-0.15, -0.1) is 0 Å². The summed E-state index contributed by atoms with van der Waals surface area (Å²) in [6.45, 7) is 3.67. The minimum absolute atomic E-state index is 0.00618. The largest absolute Gasteiger partial charge is 0.354 e. The zero-order chi connectivity index (χ0) is 29.4. The third-order valence-corrected chi connectivity index (χ3v) is 7.73. The number of sulfonamides is 1. The van der Waals surface area contributed by atoms with Crippen LogP contribution in [0.2, 0.25) is 10.0 Å². The average molecular weight is 609 g/mol. The molecular weight excluding hydrogens is 576 g/mol. The molecule has 0 bridgehead atoms. The van der Waals surface area contributed by atoms with Gasteiger partial charge in [0.2, 0.25) is 21.8 Å². The maximum absolute atomic E-state index is 14.0. The quantitative estimate of drug-likeness (QED) is 0.302. The summed E-state index contributed by atoms with van der Waals surface area (Å²) in [5.41, 5.74) is 1.50. The van der Waals surface area contributed by atoms with E-state index < -0.39 is 34.3 Å². The van der Waals surface area contributed by atoms with Crippen molar-refractivity contribution in [3.05, 3.63) is 99.8 Å². The Bertz CT molecular complexity index is 1440. The van der Waals surface area contributed by atoms with Gasteiger partial charge in [-0.1, -0.05) is 79.5 Å². The molecule has 11 heteroatoms. The Hall–Kier alpha value is -3.14.